The van der Waals surface area contributed by atoms with E-state index in [0.717, 1.165) is 37.3 Å². The number of carbonyl (C=O) groups is 3. The second kappa shape index (κ2) is 6.02. The van der Waals surface area contributed by atoms with Crippen LogP contribution in [-0.4, -0.2) is 47.6 Å². The average molecular weight is 300 g/mol. The highest BCUT2D eigenvalue weighted by molar-refractivity contribution is 6.05. The number of nitrogens with one attached hydrogen (secondary N) is 2. The van der Waals surface area contributed by atoms with Crippen LogP contribution < -0.4 is 10.6 Å². The standard InChI is InChI=1S/C15H16N4O3/c20-11-5-7-19(8-6-11)13-4-2-10(9-16-13)1-3-12-14(21)18-15(22)17-12/h9,12H,2,4-8H2,(H2,17,18,21,22). The fourth-order valence-corrected chi connectivity index (χ4v) is 2.56. The zero-order valence-electron chi connectivity index (χ0n) is 12.0. The molecule has 114 valence electrons. The van der Waals surface area contributed by atoms with Gasteiger partial charge in [-0.1, -0.05) is 11.8 Å². The van der Waals surface area contributed by atoms with Gasteiger partial charge in [0.2, 0.25) is 0 Å². The van der Waals surface area contributed by atoms with Crippen molar-refractivity contribution in [2.24, 2.45) is 4.99 Å². The summed E-state index contributed by atoms with van der Waals surface area (Å²) in [5.41, 5.74) is 0.839. The third-order valence-corrected chi connectivity index (χ3v) is 3.82. The van der Waals surface area contributed by atoms with Crippen LogP contribution in [0, 0.1) is 11.8 Å². The van der Waals surface area contributed by atoms with Crippen LogP contribution in [0.3, 0.4) is 0 Å². The molecule has 0 aromatic heterocycles. The van der Waals surface area contributed by atoms with Gasteiger partial charge in [-0.05, 0) is 6.42 Å². The van der Waals surface area contributed by atoms with Crippen LogP contribution in [0.5, 0.6) is 0 Å². The highest BCUT2D eigenvalue weighted by atomic mass is 16.2. The molecule has 3 heterocycles. The first-order valence-corrected chi connectivity index (χ1v) is 7.27. The number of carbonyl (C=O) groups excluding carboxylic acids is 3. The summed E-state index contributed by atoms with van der Waals surface area (Å²) in [7, 11) is 0. The lowest BCUT2D eigenvalue weighted by Crippen LogP contribution is -2.39. The molecule has 7 heteroatoms. The van der Waals surface area contributed by atoms with Crippen molar-refractivity contribution in [3.05, 3.63) is 11.8 Å². The molecule has 1 atom stereocenters. The Morgan fingerprint density at radius 1 is 1.14 bits per heavy atom. The van der Waals surface area contributed by atoms with Gasteiger partial charge in [-0.25, -0.2) is 9.79 Å². The summed E-state index contributed by atoms with van der Waals surface area (Å²) < 4.78 is 0. The van der Waals surface area contributed by atoms with Gasteiger partial charge in [0.05, 0.1) is 0 Å². The number of likely N-dealkylation sites (tertiary alicyclic amines) is 1. The Kier molecular flexibility index (Phi) is 3.92. The Bertz CT molecular complexity index is 643. The number of amidine groups is 1. The smallest absolute Gasteiger partial charge is 0.322 e. The van der Waals surface area contributed by atoms with Crippen molar-refractivity contribution >= 4 is 23.6 Å². The maximum Gasteiger partial charge on any atom is 0.322 e. The quantitative estimate of drug-likeness (QED) is 0.484. The van der Waals surface area contributed by atoms with Crippen molar-refractivity contribution in [2.45, 2.75) is 31.7 Å². The minimum absolute atomic E-state index is 0.312. The molecule has 2 N–H and O–H groups in total. The molecule has 3 aliphatic rings. The van der Waals surface area contributed by atoms with Gasteiger partial charge in [0.25, 0.3) is 5.91 Å². The predicted molar refractivity (Wildman–Crippen MR) is 78.8 cm³/mol. The van der Waals surface area contributed by atoms with Crippen LogP contribution >= 0.6 is 0 Å². The third-order valence-electron chi connectivity index (χ3n) is 3.82. The SMILES string of the molecule is O=C1CCN(C2=NC=C(C#CC3NC(=O)NC3=O)CC2)CC1. The van der Waals surface area contributed by atoms with E-state index in [2.05, 4.69) is 32.4 Å². The van der Waals surface area contributed by atoms with E-state index in [1.165, 1.54) is 0 Å². The summed E-state index contributed by atoms with van der Waals surface area (Å²) in [6, 6.07) is -1.30. The molecule has 0 aromatic rings. The lowest BCUT2D eigenvalue weighted by molar-refractivity contribution is -0.121. The first-order chi connectivity index (χ1) is 10.6. The van der Waals surface area contributed by atoms with Crippen molar-refractivity contribution in [3.8, 4) is 11.8 Å². The molecule has 7 nitrogen and oxygen atoms in total. The van der Waals surface area contributed by atoms with E-state index in [9.17, 15) is 14.4 Å². The number of hydrogen-bond donors (Lipinski definition) is 2. The number of amides is 3. The average Bonchev–Trinajstić information content (AvgIpc) is 2.84. The lowest BCUT2D eigenvalue weighted by Gasteiger charge is -2.30. The highest BCUT2D eigenvalue weighted by Crippen LogP contribution is 2.17. The second-order valence-corrected chi connectivity index (χ2v) is 5.39. The Balaban J connectivity index is 1.62. The summed E-state index contributed by atoms with van der Waals surface area (Å²) in [6.45, 7) is 1.47. The molecule has 3 amide bonds. The fraction of sp³-hybridized carbons (Fsp3) is 0.467. The van der Waals surface area contributed by atoms with Crippen molar-refractivity contribution in [2.75, 3.05) is 13.1 Å². The Morgan fingerprint density at radius 3 is 2.50 bits per heavy atom. The number of Topliss-reactive ketones (excluding diaryl/α,β-unsaturated/α-hetero) is 1. The van der Waals surface area contributed by atoms with E-state index in [1.807, 2.05) is 0 Å². The summed E-state index contributed by atoms with van der Waals surface area (Å²) in [4.78, 5) is 40.2. The van der Waals surface area contributed by atoms with Gasteiger partial charge in [-0.15, -0.1) is 0 Å². The molecule has 2 saturated heterocycles. The van der Waals surface area contributed by atoms with E-state index < -0.39 is 18.0 Å². The number of allylic oxidation sites excluding steroid dienone is 1. The van der Waals surface area contributed by atoms with E-state index in [4.69, 9.17) is 0 Å². The number of nitrogens with zero attached hydrogens (tertiary/aromatic N) is 2. The molecule has 3 rings (SSSR count). The molecule has 22 heavy (non-hydrogen) atoms. The first kappa shape index (κ1) is 14.3. The monoisotopic (exact) mass is 300 g/mol. The Labute approximate surface area is 127 Å². The summed E-state index contributed by atoms with van der Waals surface area (Å²) in [5, 5.41) is 4.57. The van der Waals surface area contributed by atoms with Crippen molar-refractivity contribution in [3.63, 3.8) is 0 Å². The molecule has 0 spiro atoms. The number of imide groups is 1. The van der Waals surface area contributed by atoms with E-state index in [-0.39, 0.29) is 0 Å². The number of piperidine rings is 1. The zero-order chi connectivity index (χ0) is 15.5. The minimum Gasteiger partial charge on any atom is -0.359 e. The number of urea groups is 1. The molecule has 0 aromatic carbocycles. The normalized spacial score (nSPS) is 24.8. The van der Waals surface area contributed by atoms with Crippen LogP contribution in [0.25, 0.3) is 0 Å². The molecule has 1 unspecified atom stereocenters. The van der Waals surface area contributed by atoms with Crippen LogP contribution in [0.2, 0.25) is 0 Å². The van der Waals surface area contributed by atoms with E-state index in [0.29, 0.717) is 18.6 Å². The predicted octanol–water partition coefficient (Wildman–Crippen LogP) is -0.0611. The van der Waals surface area contributed by atoms with Gasteiger partial charge >= 0.3 is 6.03 Å². The summed E-state index contributed by atoms with van der Waals surface area (Å²) >= 11 is 0. The molecular weight excluding hydrogens is 284 g/mol. The van der Waals surface area contributed by atoms with Crippen LogP contribution in [0.1, 0.15) is 25.7 Å². The molecule has 3 aliphatic heterocycles. The van der Waals surface area contributed by atoms with Gasteiger partial charge in [0.15, 0.2) is 6.04 Å². The molecule has 0 saturated carbocycles. The van der Waals surface area contributed by atoms with Crippen LogP contribution in [0.4, 0.5) is 4.79 Å². The Morgan fingerprint density at radius 2 is 1.91 bits per heavy atom. The topological polar surface area (TPSA) is 90.9 Å². The van der Waals surface area contributed by atoms with Crippen molar-refractivity contribution in [1.82, 2.24) is 15.5 Å². The highest BCUT2D eigenvalue weighted by Gasteiger charge is 2.27. The third kappa shape index (κ3) is 3.17. The minimum atomic E-state index is -0.785. The Hall–Kier alpha value is -2.62. The van der Waals surface area contributed by atoms with E-state index in [1.54, 1.807) is 6.20 Å². The number of aliphatic imine (C=N–C) groups is 1. The fourth-order valence-electron chi connectivity index (χ4n) is 2.56. The van der Waals surface area contributed by atoms with Crippen LogP contribution in [0.15, 0.2) is 16.8 Å². The number of ketones is 1. The zero-order valence-corrected chi connectivity index (χ0v) is 12.0. The van der Waals surface area contributed by atoms with Gasteiger partial charge in [-0.2, -0.15) is 0 Å². The van der Waals surface area contributed by atoms with Crippen molar-refractivity contribution in [1.29, 1.82) is 0 Å². The van der Waals surface area contributed by atoms with Gasteiger partial charge in [0, 0.05) is 44.1 Å². The van der Waals surface area contributed by atoms with E-state index >= 15 is 0 Å². The summed E-state index contributed by atoms with van der Waals surface area (Å²) in [6.07, 6.45) is 4.41. The number of hydrogen-bond acceptors (Lipinski definition) is 5. The molecule has 0 bridgehead atoms. The largest absolute Gasteiger partial charge is 0.359 e. The van der Waals surface area contributed by atoms with Crippen molar-refractivity contribution < 1.29 is 14.4 Å². The van der Waals surface area contributed by atoms with Gasteiger partial charge in [-0.3, -0.25) is 14.9 Å². The molecule has 2 fully saturated rings. The van der Waals surface area contributed by atoms with Gasteiger partial charge < -0.3 is 10.2 Å². The second-order valence-electron chi connectivity index (χ2n) is 5.39. The maximum absolute atomic E-state index is 11.4. The lowest BCUT2D eigenvalue weighted by atomic mass is 10.1. The maximum atomic E-state index is 11.4. The summed E-state index contributed by atoms with van der Waals surface area (Å²) in [5.74, 6) is 6.52. The van der Waals surface area contributed by atoms with Crippen LogP contribution in [-0.2, 0) is 9.59 Å². The molecule has 0 radical (unpaired) electrons. The number of rotatable bonds is 0. The molecule has 0 aliphatic carbocycles. The molecular formula is C15H16N4O3. The first-order valence-electron chi connectivity index (χ1n) is 7.27. The van der Waals surface area contributed by atoms with Gasteiger partial charge in [0.1, 0.15) is 11.6 Å².